The van der Waals surface area contributed by atoms with Gasteiger partial charge in [0.05, 0.1) is 6.04 Å². The van der Waals surface area contributed by atoms with E-state index in [4.69, 9.17) is 4.74 Å². The van der Waals surface area contributed by atoms with Crippen molar-refractivity contribution in [1.29, 1.82) is 0 Å². The molecule has 0 fully saturated rings. The summed E-state index contributed by atoms with van der Waals surface area (Å²) >= 11 is 0. The fourth-order valence-corrected chi connectivity index (χ4v) is 3.82. The molecule has 0 saturated heterocycles. The number of ether oxygens (including phenoxy) is 1. The molecule has 128 valence electrons. The van der Waals surface area contributed by atoms with Gasteiger partial charge in [-0.1, -0.05) is 48.5 Å². The highest BCUT2D eigenvalue weighted by Crippen LogP contribution is 2.34. The van der Waals surface area contributed by atoms with Gasteiger partial charge in [-0.2, -0.15) is 0 Å². The lowest BCUT2D eigenvalue weighted by Gasteiger charge is -2.25. The zero-order valence-corrected chi connectivity index (χ0v) is 14.4. The number of H-pyrrole nitrogens is 1. The number of fused-ring (bicyclic) bond motifs is 3. The van der Waals surface area contributed by atoms with Crippen molar-refractivity contribution < 1.29 is 4.74 Å². The van der Waals surface area contributed by atoms with Crippen molar-refractivity contribution in [3.63, 3.8) is 0 Å². The number of rotatable bonds is 3. The first-order chi connectivity index (χ1) is 12.9. The molecular weight excluding hydrogens is 320 g/mol. The second-order valence-electron chi connectivity index (χ2n) is 6.68. The molecule has 2 heterocycles. The molecule has 3 aromatic carbocycles. The average Bonchev–Trinajstić information content (AvgIpc) is 3.08. The first-order valence-electron chi connectivity index (χ1n) is 9.04. The molecule has 0 spiro atoms. The molecule has 4 aromatic rings. The van der Waals surface area contributed by atoms with Crippen molar-refractivity contribution >= 4 is 10.9 Å². The van der Waals surface area contributed by atoms with Gasteiger partial charge in [0, 0.05) is 23.1 Å². The Morgan fingerprint density at radius 1 is 0.769 bits per heavy atom. The summed E-state index contributed by atoms with van der Waals surface area (Å²) in [5, 5.41) is 5.00. The Kier molecular flexibility index (Phi) is 3.72. The summed E-state index contributed by atoms with van der Waals surface area (Å²) in [6.45, 7) is 0.988. The summed E-state index contributed by atoms with van der Waals surface area (Å²) in [6, 6.07) is 27.0. The molecule has 5 rings (SSSR count). The summed E-state index contributed by atoms with van der Waals surface area (Å²) in [6.07, 6.45) is 1.06. The van der Waals surface area contributed by atoms with E-state index < -0.39 is 0 Å². The summed E-state index contributed by atoms with van der Waals surface area (Å²) in [7, 11) is 0. The zero-order chi connectivity index (χ0) is 17.3. The van der Waals surface area contributed by atoms with Gasteiger partial charge in [0.15, 0.2) is 0 Å². The summed E-state index contributed by atoms with van der Waals surface area (Å²) in [5.41, 5.74) is 5.19. The summed E-state index contributed by atoms with van der Waals surface area (Å²) in [4.78, 5) is 3.63. The Bertz CT molecular complexity index is 1030. The highest BCUT2D eigenvalue weighted by molar-refractivity contribution is 5.85. The van der Waals surface area contributed by atoms with Gasteiger partial charge in [0.2, 0.25) is 0 Å². The molecule has 2 N–H and O–H groups in total. The lowest BCUT2D eigenvalue weighted by molar-refractivity contribution is 0.481. The van der Waals surface area contributed by atoms with Crippen molar-refractivity contribution in [3.05, 3.63) is 95.7 Å². The van der Waals surface area contributed by atoms with E-state index >= 15 is 0 Å². The average molecular weight is 340 g/mol. The largest absolute Gasteiger partial charge is 0.457 e. The Hall–Kier alpha value is -3.04. The Morgan fingerprint density at radius 2 is 1.50 bits per heavy atom. The maximum atomic E-state index is 5.91. The minimum atomic E-state index is 0.192. The number of benzene rings is 3. The summed E-state index contributed by atoms with van der Waals surface area (Å²) in [5.74, 6) is 1.71. The molecule has 26 heavy (non-hydrogen) atoms. The number of hydrogen-bond donors (Lipinski definition) is 2. The van der Waals surface area contributed by atoms with Gasteiger partial charge in [-0.15, -0.1) is 0 Å². The molecule has 0 radical (unpaired) electrons. The molecule has 1 atom stereocenters. The third-order valence-corrected chi connectivity index (χ3v) is 5.05. The SMILES string of the molecule is c1ccc(Oc2ccc(C3NCCc4c3[nH]c3ccccc43)cc2)cc1. The van der Waals surface area contributed by atoms with Crippen LogP contribution in [-0.4, -0.2) is 11.5 Å². The monoisotopic (exact) mass is 340 g/mol. The second kappa shape index (κ2) is 6.36. The first kappa shape index (κ1) is 15.2. The van der Waals surface area contributed by atoms with Crippen LogP contribution >= 0.6 is 0 Å². The summed E-state index contributed by atoms with van der Waals surface area (Å²) < 4.78 is 5.91. The normalized spacial score (nSPS) is 16.4. The van der Waals surface area contributed by atoms with E-state index in [0.717, 1.165) is 24.5 Å². The van der Waals surface area contributed by atoms with E-state index in [1.165, 1.54) is 27.7 Å². The smallest absolute Gasteiger partial charge is 0.127 e. The Morgan fingerprint density at radius 3 is 2.35 bits per heavy atom. The number of para-hydroxylation sites is 2. The molecule has 0 amide bonds. The van der Waals surface area contributed by atoms with Crippen LogP contribution in [0, 0.1) is 0 Å². The zero-order valence-electron chi connectivity index (χ0n) is 14.4. The van der Waals surface area contributed by atoms with Crippen LogP contribution in [0.4, 0.5) is 0 Å². The van der Waals surface area contributed by atoms with E-state index in [-0.39, 0.29) is 6.04 Å². The van der Waals surface area contributed by atoms with E-state index in [9.17, 15) is 0 Å². The molecule has 0 aliphatic carbocycles. The molecule has 3 nitrogen and oxygen atoms in total. The van der Waals surface area contributed by atoms with Crippen LogP contribution in [-0.2, 0) is 6.42 Å². The van der Waals surface area contributed by atoms with E-state index in [2.05, 4.69) is 46.7 Å². The van der Waals surface area contributed by atoms with Gasteiger partial charge in [-0.05, 0) is 47.9 Å². The molecule has 1 unspecified atom stereocenters. The van der Waals surface area contributed by atoms with E-state index in [1.54, 1.807) is 0 Å². The third kappa shape index (κ3) is 2.67. The molecule has 1 aliphatic heterocycles. The predicted octanol–water partition coefficient (Wildman–Crippen LogP) is 5.20. The molecule has 0 saturated carbocycles. The molecular formula is C23H20N2O. The molecule has 1 aromatic heterocycles. The fourth-order valence-electron chi connectivity index (χ4n) is 3.82. The third-order valence-electron chi connectivity index (χ3n) is 5.05. The minimum Gasteiger partial charge on any atom is -0.457 e. The van der Waals surface area contributed by atoms with Crippen molar-refractivity contribution in [2.75, 3.05) is 6.54 Å². The standard InChI is InChI=1S/C23H20N2O/c1-2-6-17(7-3-1)26-18-12-10-16(11-13-18)22-23-20(14-15-24-22)19-8-4-5-9-21(19)25-23/h1-13,22,24-25H,14-15H2. The number of aromatic amines is 1. The van der Waals surface area contributed by atoms with Crippen molar-refractivity contribution in [1.82, 2.24) is 10.3 Å². The predicted molar refractivity (Wildman–Crippen MR) is 105 cm³/mol. The van der Waals surface area contributed by atoms with Crippen LogP contribution in [0.3, 0.4) is 0 Å². The number of hydrogen-bond acceptors (Lipinski definition) is 2. The molecule has 3 heteroatoms. The van der Waals surface area contributed by atoms with E-state index in [1.807, 2.05) is 42.5 Å². The maximum Gasteiger partial charge on any atom is 0.127 e. The topological polar surface area (TPSA) is 37.0 Å². The van der Waals surface area contributed by atoms with Gasteiger partial charge in [0.1, 0.15) is 11.5 Å². The first-order valence-corrected chi connectivity index (χ1v) is 9.04. The lowest BCUT2D eigenvalue weighted by atomic mass is 9.94. The second-order valence-corrected chi connectivity index (χ2v) is 6.68. The van der Waals surface area contributed by atoms with E-state index in [0.29, 0.717) is 0 Å². The van der Waals surface area contributed by atoms with Gasteiger partial charge >= 0.3 is 0 Å². The highest BCUT2D eigenvalue weighted by Gasteiger charge is 2.24. The Labute approximate surface area is 152 Å². The lowest BCUT2D eigenvalue weighted by Crippen LogP contribution is -2.30. The molecule has 1 aliphatic rings. The van der Waals surface area contributed by atoms with Gasteiger partial charge < -0.3 is 15.0 Å². The fraction of sp³-hybridized carbons (Fsp3) is 0.130. The van der Waals surface area contributed by atoms with Crippen LogP contribution in [0.15, 0.2) is 78.9 Å². The number of nitrogens with one attached hydrogen (secondary N) is 2. The van der Waals surface area contributed by atoms with Crippen LogP contribution in [0.5, 0.6) is 11.5 Å². The van der Waals surface area contributed by atoms with Gasteiger partial charge in [0.25, 0.3) is 0 Å². The van der Waals surface area contributed by atoms with Crippen LogP contribution < -0.4 is 10.1 Å². The van der Waals surface area contributed by atoms with Crippen molar-refractivity contribution in [3.8, 4) is 11.5 Å². The maximum absolute atomic E-state index is 5.91. The Balaban J connectivity index is 1.46. The van der Waals surface area contributed by atoms with Crippen LogP contribution in [0.1, 0.15) is 22.9 Å². The minimum absolute atomic E-state index is 0.192. The van der Waals surface area contributed by atoms with Gasteiger partial charge in [-0.3, -0.25) is 0 Å². The quantitative estimate of drug-likeness (QED) is 0.538. The molecule has 0 bridgehead atoms. The van der Waals surface area contributed by atoms with Crippen LogP contribution in [0.2, 0.25) is 0 Å². The van der Waals surface area contributed by atoms with Gasteiger partial charge in [-0.25, -0.2) is 0 Å². The highest BCUT2D eigenvalue weighted by atomic mass is 16.5. The van der Waals surface area contributed by atoms with Crippen molar-refractivity contribution in [2.24, 2.45) is 0 Å². The number of aromatic nitrogens is 1. The van der Waals surface area contributed by atoms with Crippen LogP contribution in [0.25, 0.3) is 10.9 Å². The van der Waals surface area contributed by atoms with Crippen molar-refractivity contribution in [2.45, 2.75) is 12.5 Å².